The molecule has 3 saturated heterocycles. The summed E-state index contributed by atoms with van der Waals surface area (Å²) in [5, 5.41) is 23.5. The van der Waals surface area contributed by atoms with Gasteiger partial charge in [0.1, 0.15) is 0 Å². The smallest absolute Gasteiger partial charge is 0.0952 e. The number of aliphatic hydroxyl groups is 2. The molecule has 2 aromatic rings. The zero-order chi connectivity index (χ0) is 31.8. The van der Waals surface area contributed by atoms with Crippen LogP contribution in [0.2, 0.25) is 0 Å². The van der Waals surface area contributed by atoms with Crippen molar-refractivity contribution in [1.82, 2.24) is 9.88 Å². The molecule has 7 aliphatic rings. The van der Waals surface area contributed by atoms with E-state index >= 15 is 0 Å². The van der Waals surface area contributed by atoms with Gasteiger partial charge in [0.2, 0.25) is 0 Å². The van der Waals surface area contributed by atoms with Crippen LogP contribution in [0.1, 0.15) is 115 Å². The summed E-state index contributed by atoms with van der Waals surface area (Å²) in [5.74, 6) is 6.08. The van der Waals surface area contributed by atoms with Crippen molar-refractivity contribution in [3.8, 4) is 0 Å². The van der Waals surface area contributed by atoms with E-state index in [0.717, 1.165) is 90.5 Å². The van der Waals surface area contributed by atoms with Crippen LogP contribution in [-0.4, -0.2) is 45.3 Å². The Morgan fingerprint density at radius 3 is 2.61 bits per heavy atom. The summed E-state index contributed by atoms with van der Waals surface area (Å²) in [4.78, 5) is 7.72. The third-order valence-corrected chi connectivity index (χ3v) is 15.9. The fourth-order valence-electron chi connectivity index (χ4n) is 13.3. The van der Waals surface area contributed by atoms with Crippen molar-refractivity contribution in [3.05, 3.63) is 54.2 Å². The third kappa shape index (κ3) is 5.06. The van der Waals surface area contributed by atoms with Gasteiger partial charge in [-0.25, -0.2) is 0 Å². The molecule has 46 heavy (non-hydrogen) atoms. The van der Waals surface area contributed by atoms with Gasteiger partial charge in [0.25, 0.3) is 0 Å². The Labute approximate surface area is 278 Å². The number of para-hydroxylation sites is 1. The second kappa shape index (κ2) is 12.0. The number of piperidine rings is 3. The minimum absolute atomic E-state index is 0.0538. The molecule has 14 atom stereocenters. The van der Waals surface area contributed by atoms with E-state index in [2.05, 4.69) is 68.7 Å². The summed E-state index contributed by atoms with van der Waals surface area (Å²) >= 11 is 0. The number of fused-ring (bicyclic) bond motifs is 9. The van der Waals surface area contributed by atoms with Crippen molar-refractivity contribution in [2.45, 2.75) is 122 Å². The molecule has 1 aromatic carbocycles. The van der Waals surface area contributed by atoms with Crippen LogP contribution < -0.4 is 0 Å². The van der Waals surface area contributed by atoms with Gasteiger partial charge in [0.05, 0.1) is 17.7 Å². The number of aryl methyl sites for hydroxylation is 1. The molecule has 4 aliphatic carbocycles. The molecule has 4 heterocycles. The number of benzene rings is 1. The molecular formula is C42H60N2O2. The van der Waals surface area contributed by atoms with E-state index in [4.69, 9.17) is 4.98 Å². The van der Waals surface area contributed by atoms with Crippen LogP contribution >= 0.6 is 0 Å². The first-order valence-electron chi connectivity index (χ1n) is 19.3. The van der Waals surface area contributed by atoms with Gasteiger partial charge in [-0.1, -0.05) is 45.0 Å². The van der Waals surface area contributed by atoms with Crippen LogP contribution in [-0.2, 0) is 6.42 Å². The summed E-state index contributed by atoms with van der Waals surface area (Å²) < 4.78 is 0. The number of hydrogen-bond donors (Lipinski definition) is 2. The maximum atomic E-state index is 12.0. The van der Waals surface area contributed by atoms with Gasteiger partial charge < -0.3 is 10.2 Å². The van der Waals surface area contributed by atoms with Crippen molar-refractivity contribution >= 4 is 10.9 Å². The first-order valence-corrected chi connectivity index (χ1v) is 19.3. The Hall–Kier alpha value is -1.75. The molecule has 0 radical (unpaired) electrons. The number of pyridine rings is 1. The number of nitrogens with zero attached hydrogens (tertiary/aromatic N) is 2. The summed E-state index contributed by atoms with van der Waals surface area (Å²) in [6.45, 7) is 14.1. The molecule has 1 aromatic heterocycles. The molecule has 4 nitrogen and oxygen atoms in total. The lowest BCUT2D eigenvalue weighted by Gasteiger charge is -2.61. The summed E-state index contributed by atoms with van der Waals surface area (Å²) in [5.41, 5.74) is 4.21. The van der Waals surface area contributed by atoms with E-state index in [9.17, 15) is 10.2 Å². The Morgan fingerprint density at radius 2 is 1.80 bits per heavy atom. The van der Waals surface area contributed by atoms with Gasteiger partial charge in [-0.2, -0.15) is 0 Å². The number of aromatic nitrogens is 1. The fourth-order valence-corrected chi connectivity index (χ4v) is 13.3. The minimum Gasteiger partial charge on any atom is -0.393 e. The Kier molecular flexibility index (Phi) is 8.21. The van der Waals surface area contributed by atoms with Gasteiger partial charge >= 0.3 is 0 Å². The molecule has 0 amide bonds. The first-order chi connectivity index (χ1) is 22.2. The van der Waals surface area contributed by atoms with Crippen molar-refractivity contribution in [3.63, 3.8) is 0 Å². The SMILES string of the molecule is C=C[C@H]1CN2CC[C@H]1C[C@H]2[C@H](O)c1cc(CC[C@@H](C)[C@H]2CC[C@H]3[C@@H]4CC[C@@H]5C[C@H](O)CC[C@]5(C)[C@H]4CC[C@]23C)nc2ccccc12. The van der Waals surface area contributed by atoms with E-state index < -0.39 is 6.10 Å². The zero-order valence-corrected chi connectivity index (χ0v) is 28.9. The maximum Gasteiger partial charge on any atom is 0.0952 e. The molecule has 7 fully saturated rings. The predicted molar refractivity (Wildman–Crippen MR) is 187 cm³/mol. The maximum absolute atomic E-state index is 12.0. The van der Waals surface area contributed by atoms with E-state index in [1.54, 1.807) is 0 Å². The van der Waals surface area contributed by atoms with Crippen molar-refractivity contribution < 1.29 is 10.2 Å². The van der Waals surface area contributed by atoms with Crippen molar-refractivity contribution in [1.29, 1.82) is 0 Å². The Balaban J connectivity index is 0.977. The topological polar surface area (TPSA) is 56.6 Å². The zero-order valence-electron chi connectivity index (χ0n) is 28.9. The highest BCUT2D eigenvalue weighted by Crippen LogP contribution is 2.68. The molecule has 4 saturated carbocycles. The first kappa shape index (κ1) is 31.5. The van der Waals surface area contributed by atoms with E-state index in [0.29, 0.717) is 28.6 Å². The quantitative estimate of drug-likeness (QED) is 0.303. The average Bonchev–Trinajstić information content (AvgIpc) is 3.44. The van der Waals surface area contributed by atoms with Crippen molar-refractivity contribution in [2.75, 3.05) is 13.1 Å². The largest absolute Gasteiger partial charge is 0.393 e. The highest BCUT2D eigenvalue weighted by atomic mass is 16.3. The van der Waals surface area contributed by atoms with Crippen LogP contribution in [0.5, 0.6) is 0 Å². The molecular weight excluding hydrogens is 564 g/mol. The molecule has 2 N–H and O–H groups in total. The highest BCUT2D eigenvalue weighted by Gasteiger charge is 2.60. The lowest BCUT2D eigenvalue weighted by atomic mass is 9.44. The number of hydrogen-bond acceptors (Lipinski definition) is 4. The predicted octanol–water partition coefficient (Wildman–Crippen LogP) is 8.75. The van der Waals surface area contributed by atoms with E-state index in [1.165, 1.54) is 57.8 Å². The monoisotopic (exact) mass is 624 g/mol. The summed E-state index contributed by atoms with van der Waals surface area (Å²) in [6.07, 6.45) is 17.8. The van der Waals surface area contributed by atoms with Crippen molar-refractivity contribution in [2.24, 2.45) is 58.2 Å². The normalized spacial score (nSPS) is 44.6. The van der Waals surface area contributed by atoms with Crippen LogP contribution in [0.4, 0.5) is 0 Å². The van der Waals surface area contributed by atoms with Gasteiger partial charge in [-0.15, -0.1) is 6.58 Å². The third-order valence-electron chi connectivity index (χ3n) is 15.9. The second-order valence-electron chi connectivity index (χ2n) is 17.7. The molecule has 0 spiro atoms. The summed E-state index contributed by atoms with van der Waals surface area (Å²) in [6, 6.07) is 11.0. The van der Waals surface area contributed by atoms with E-state index in [1.807, 2.05) is 0 Å². The van der Waals surface area contributed by atoms with Crippen LogP contribution in [0, 0.1) is 58.2 Å². The molecule has 4 heteroatoms. The van der Waals surface area contributed by atoms with Gasteiger partial charge in [0.15, 0.2) is 0 Å². The lowest BCUT2D eigenvalue weighted by Crippen LogP contribution is -2.54. The van der Waals surface area contributed by atoms with Gasteiger partial charge in [-0.05, 0) is 166 Å². The summed E-state index contributed by atoms with van der Waals surface area (Å²) in [7, 11) is 0. The number of aliphatic hydroxyl groups excluding tert-OH is 2. The molecule has 1 unspecified atom stereocenters. The Bertz CT molecular complexity index is 1440. The fraction of sp³-hybridized carbons (Fsp3) is 0.738. The van der Waals surface area contributed by atoms with Gasteiger partial charge in [-0.3, -0.25) is 9.88 Å². The van der Waals surface area contributed by atoms with Gasteiger partial charge in [0, 0.05) is 23.7 Å². The highest BCUT2D eigenvalue weighted by molar-refractivity contribution is 5.82. The molecule has 2 bridgehead atoms. The average molecular weight is 625 g/mol. The molecule has 250 valence electrons. The van der Waals surface area contributed by atoms with Crippen LogP contribution in [0.15, 0.2) is 43.0 Å². The second-order valence-corrected chi connectivity index (χ2v) is 17.7. The van der Waals surface area contributed by atoms with Crippen LogP contribution in [0.25, 0.3) is 10.9 Å². The lowest BCUT2D eigenvalue weighted by molar-refractivity contribution is -0.129. The molecule has 9 rings (SSSR count). The Morgan fingerprint density at radius 1 is 1.00 bits per heavy atom. The minimum atomic E-state index is -0.480. The number of rotatable bonds is 7. The molecule has 3 aliphatic heterocycles. The van der Waals surface area contributed by atoms with Crippen LogP contribution in [0.3, 0.4) is 0 Å². The van der Waals surface area contributed by atoms with E-state index in [-0.39, 0.29) is 12.1 Å². The standard InChI is InChI=1S/C42H60N2O2/c1-5-27-25-44-21-18-28(27)22-39(44)40(46)34-24-30(43-38-9-7-6-8-32(34)38)12-10-26(2)35-14-15-36-33-13-11-29-23-31(45)16-19-41(29,3)37(33)17-20-42(35,36)4/h5-9,24,26-29,31,33,35-37,39-40,45-46H,1,10-23,25H2,2-4H3/t26-,27+,28+,29-,31-,33+,35-,36+,37+,39+,40-,41+,42-/m1/s1.